The highest BCUT2D eigenvalue weighted by molar-refractivity contribution is 5.70. The largest absolute Gasteiger partial charge is 0.481 e. The maximum Gasteiger partial charge on any atom is 0.306 e. The molecule has 0 radical (unpaired) electrons. The number of hydrogen-bond donors (Lipinski definition) is 2. The molecule has 4 heteroatoms. The van der Waals surface area contributed by atoms with Crippen molar-refractivity contribution in [2.24, 2.45) is 11.3 Å². The molecule has 1 saturated carbocycles. The van der Waals surface area contributed by atoms with Crippen molar-refractivity contribution in [3.05, 3.63) is 0 Å². The quantitative estimate of drug-likeness (QED) is 0.763. The number of aliphatic carboxylic acids is 1. The van der Waals surface area contributed by atoms with Crippen LogP contribution in [0.15, 0.2) is 0 Å². The average Bonchev–Trinajstić information content (AvgIpc) is 2.27. The summed E-state index contributed by atoms with van der Waals surface area (Å²) < 4.78 is 0. The Bertz CT molecular complexity index is 294. The zero-order valence-corrected chi connectivity index (χ0v) is 9.99. The third-order valence-electron chi connectivity index (χ3n) is 3.16. The van der Waals surface area contributed by atoms with Gasteiger partial charge >= 0.3 is 5.97 Å². The zero-order valence-electron chi connectivity index (χ0n) is 9.99. The van der Waals surface area contributed by atoms with Gasteiger partial charge in [0.1, 0.15) is 0 Å². The van der Waals surface area contributed by atoms with Crippen LogP contribution in [0, 0.1) is 22.7 Å². The molecule has 0 aliphatic heterocycles. The second-order valence-electron chi connectivity index (χ2n) is 5.28. The summed E-state index contributed by atoms with van der Waals surface area (Å²) in [5, 5.41) is 21.1. The van der Waals surface area contributed by atoms with Crippen molar-refractivity contribution in [2.45, 2.75) is 45.6 Å². The molecule has 0 aromatic heterocycles. The molecule has 1 aliphatic rings. The van der Waals surface area contributed by atoms with Crippen molar-refractivity contribution in [1.29, 1.82) is 5.26 Å². The molecule has 1 fully saturated rings. The van der Waals surface area contributed by atoms with Gasteiger partial charge in [-0.15, -0.1) is 0 Å². The molecule has 1 rings (SSSR count). The van der Waals surface area contributed by atoms with Gasteiger partial charge in [-0.1, -0.05) is 6.42 Å². The first-order chi connectivity index (χ1) is 7.44. The van der Waals surface area contributed by atoms with Crippen molar-refractivity contribution in [1.82, 2.24) is 5.32 Å². The summed E-state index contributed by atoms with van der Waals surface area (Å²) in [5.41, 5.74) is -0.379. The molecule has 16 heavy (non-hydrogen) atoms. The summed E-state index contributed by atoms with van der Waals surface area (Å²) in [5.74, 6) is -0.900. The molecule has 0 heterocycles. The van der Waals surface area contributed by atoms with Crippen LogP contribution < -0.4 is 5.32 Å². The Kier molecular flexibility index (Phi) is 4.31. The maximum absolute atomic E-state index is 10.9. The van der Waals surface area contributed by atoms with Gasteiger partial charge in [-0.2, -0.15) is 5.26 Å². The van der Waals surface area contributed by atoms with Crippen LogP contribution in [-0.2, 0) is 4.79 Å². The Morgan fingerprint density at radius 1 is 1.56 bits per heavy atom. The molecule has 2 unspecified atom stereocenters. The van der Waals surface area contributed by atoms with Gasteiger partial charge in [0.15, 0.2) is 0 Å². The van der Waals surface area contributed by atoms with E-state index in [0.29, 0.717) is 13.0 Å². The van der Waals surface area contributed by atoms with Gasteiger partial charge < -0.3 is 10.4 Å². The lowest BCUT2D eigenvalue weighted by Crippen LogP contribution is -2.40. The molecule has 0 saturated heterocycles. The minimum absolute atomic E-state index is 0.212. The predicted octanol–water partition coefficient (Wildman–Crippen LogP) is 1.77. The number of nitriles is 1. The standard InChI is InChI=1S/C12H20N2O2/c1-12(2,7-13)8-14-10-5-3-4-9(6-10)11(15)16/h9-10,14H,3-6,8H2,1-2H3,(H,15,16). The van der Waals surface area contributed by atoms with Crippen LogP contribution in [0.3, 0.4) is 0 Å². The SMILES string of the molecule is CC(C)(C#N)CNC1CCCC(C(=O)O)C1. The predicted molar refractivity (Wildman–Crippen MR) is 60.8 cm³/mol. The first-order valence-corrected chi connectivity index (χ1v) is 5.82. The van der Waals surface area contributed by atoms with Gasteiger partial charge in [0, 0.05) is 12.6 Å². The minimum Gasteiger partial charge on any atom is -0.481 e. The highest BCUT2D eigenvalue weighted by atomic mass is 16.4. The van der Waals surface area contributed by atoms with Crippen molar-refractivity contribution in [3.8, 4) is 6.07 Å². The Morgan fingerprint density at radius 3 is 2.81 bits per heavy atom. The molecule has 0 spiro atoms. The summed E-state index contributed by atoms with van der Waals surface area (Å²) in [6.07, 6.45) is 3.46. The second kappa shape index (κ2) is 5.31. The highest BCUT2D eigenvalue weighted by Crippen LogP contribution is 2.25. The molecule has 0 amide bonds. The van der Waals surface area contributed by atoms with Crippen LogP contribution in [0.4, 0.5) is 0 Å². The number of carboxylic acids is 1. The van der Waals surface area contributed by atoms with Crippen LogP contribution in [0.5, 0.6) is 0 Å². The monoisotopic (exact) mass is 224 g/mol. The average molecular weight is 224 g/mol. The van der Waals surface area contributed by atoms with E-state index >= 15 is 0 Å². The number of carboxylic acid groups (broad SMARTS) is 1. The first kappa shape index (κ1) is 13.0. The van der Waals surface area contributed by atoms with E-state index < -0.39 is 5.97 Å². The molecule has 2 atom stereocenters. The lowest BCUT2D eigenvalue weighted by atomic mass is 9.85. The second-order valence-corrected chi connectivity index (χ2v) is 5.28. The molecular formula is C12H20N2O2. The van der Waals surface area contributed by atoms with E-state index in [1.54, 1.807) is 0 Å². The molecule has 4 nitrogen and oxygen atoms in total. The third kappa shape index (κ3) is 3.82. The molecule has 90 valence electrons. The van der Waals surface area contributed by atoms with Gasteiger partial charge in [0.2, 0.25) is 0 Å². The van der Waals surface area contributed by atoms with Gasteiger partial charge in [0.25, 0.3) is 0 Å². The van der Waals surface area contributed by atoms with Crippen molar-refractivity contribution in [3.63, 3.8) is 0 Å². The van der Waals surface area contributed by atoms with Crippen molar-refractivity contribution >= 4 is 5.97 Å². The Hall–Kier alpha value is -1.08. The number of nitrogens with zero attached hydrogens (tertiary/aromatic N) is 1. The Balaban J connectivity index is 2.38. The van der Waals surface area contributed by atoms with Crippen molar-refractivity contribution < 1.29 is 9.90 Å². The molecule has 0 aromatic rings. The number of rotatable bonds is 4. The highest BCUT2D eigenvalue weighted by Gasteiger charge is 2.28. The van der Waals surface area contributed by atoms with E-state index in [1.807, 2.05) is 13.8 Å². The van der Waals surface area contributed by atoms with Gasteiger partial charge in [-0.05, 0) is 33.1 Å². The van der Waals surface area contributed by atoms with E-state index in [1.165, 1.54) is 0 Å². The maximum atomic E-state index is 10.9. The molecule has 2 N–H and O–H groups in total. The van der Waals surface area contributed by atoms with Crippen LogP contribution in [0.2, 0.25) is 0 Å². The van der Waals surface area contributed by atoms with Gasteiger partial charge in [-0.3, -0.25) is 4.79 Å². The van der Waals surface area contributed by atoms with Crippen LogP contribution in [0.25, 0.3) is 0 Å². The van der Waals surface area contributed by atoms with Gasteiger partial charge in [-0.25, -0.2) is 0 Å². The minimum atomic E-state index is -0.689. The fourth-order valence-corrected chi connectivity index (χ4v) is 2.04. The van der Waals surface area contributed by atoms with E-state index in [2.05, 4.69) is 11.4 Å². The zero-order chi connectivity index (χ0) is 12.2. The Morgan fingerprint density at radius 2 is 2.25 bits per heavy atom. The lowest BCUT2D eigenvalue weighted by molar-refractivity contribution is -0.143. The summed E-state index contributed by atoms with van der Waals surface area (Å²) >= 11 is 0. The molecule has 0 aromatic carbocycles. The summed E-state index contributed by atoms with van der Waals surface area (Å²) in [7, 11) is 0. The van der Waals surface area contributed by atoms with Gasteiger partial charge in [0.05, 0.1) is 17.4 Å². The first-order valence-electron chi connectivity index (χ1n) is 5.82. The summed E-state index contributed by atoms with van der Waals surface area (Å²) in [6, 6.07) is 2.49. The number of nitrogens with one attached hydrogen (secondary N) is 1. The van der Waals surface area contributed by atoms with E-state index in [0.717, 1.165) is 19.3 Å². The third-order valence-corrected chi connectivity index (χ3v) is 3.16. The van der Waals surface area contributed by atoms with Crippen LogP contribution in [-0.4, -0.2) is 23.7 Å². The molecule has 0 bridgehead atoms. The fraction of sp³-hybridized carbons (Fsp3) is 0.833. The van der Waals surface area contributed by atoms with Crippen LogP contribution >= 0.6 is 0 Å². The fourth-order valence-electron chi connectivity index (χ4n) is 2.04. The Labute approximate surface area is 96.6 Å². The topological polar surface area (TPSA) is 73.1 Å². The smallest absolute Gasteiger partial charge is 0.306 e. The molecule has 1 aliphatic carbocycles. The molecular weight excluding hydrogens is 204 g/mol. The van der Waals surface area contributed by atoms with E-state index in [-0.39, 0.29) is 17.4 Å². The van der Waals surface area contributed by atoms with Crippen molar-refractivity contribution in [2.75, 3.05) is 6.54 Å². The summed E-state index contributed by atoms with van der Waals surface area (Å²) in [4.78, 5) is 10.9. The number of hydrogen-bond acceptors (Lipinski definition) is 3. The number of carbonyl (C=O) groups is 1. The summed E-state index contributed by atoms with van der Waals surface area (Å²) in [6.45, 7) is 4.40. The van der Waals surface area contributed by atoms with E-state index in [4.69, 9.17) is 10.4 Å². The lowest BCUT2D eigenvalue weighted by Gasteiger charge is -2.29. The van der Waals surface area contributed by atoms with E-state index in [9.17, 15) is 4.79 Å². The normalized spacial score (nSPS) is 26.1. The van der Waals surface area contributed by atoms with Crippen LogP contribution in [0.1, 0.15) is 39.5 Å².